The van der Waals surface area contributed by atoms with Crippen LogP contribution in [0.15, 0.2) is 45.1 Å². The highest BCUT2D eigenvalue weighted by Crippen LogP contribution is 2.30. The van der Waals surface area contributed by atoms with Crippen LogP contribution < -0.4 is 15.1 Å². The zero-order valence-corrected chi connectivity index (χ0v) is 12.1. The van der Waals surface area contributed by atoms with Gasteiger partial charge in [-0.1, -0.05) is 5.57 Å². The highest BCUT2D eigenvalue weighted by Gasteiger charge is 2.10. The number of hydrogen-bond donors (Lipinski definition) is 0. The van der Waals surface area contributed by atoms with E-state index >= 15 is 0 Å². The number of fused-ring (bicyclic) bond motifs is 1. The van der Waals surface area contributed by atoms with Crippen molar-refractivity contribution in [1.82, 2.24) is 0 Å². The Morgan fingerprint density at radius 1 is 1.24 bits per heavy atom. The number of ether oxygens (including phenoxy) is 2. The molecule has 0 aliphatic carbocycles. The number of allylic oxidation sites excluding steroid dienone is 1. The van der Waals surface area contributed by atoms with Crippen LogP contribution in [0.4, 0.5) is 0 Å². The Kier molecular flexibility index (Phi) is 4.42. The maximum absolute atomic E-state index is 11.3. The third-order valence-corrected chi connectivity index (χ3v) is 2.67. The number of benzene rings is 1. The van der Waals surface area contributed by atoms with Gasteiger partial charge in [-0.3, -0.25) is 4.79 Å². The van der Waals surface area contributed by atoms with E-state index in [0.29, 0.717) is 29.1 Å². The van der Waals surface area contributed by atoms with Crippen molar-refractivity contribution in [3.05, 3.63) is 46.3 Å². The van der Waals surface area contributed by atoms with E-state index in [-0.39, 0.29) is 0 Å². The average molecular weight is 288 g/mol. The first kappa shape index (κ1) is 14.8. The largest absolute Gasteiger partial charge is 0.489 e. The predicted molar refractivity (Wildman–Crippen MR) is 78.7 cm³/mol. The molecule has 1 aromatic heterocycles. The van der Waals surface area contributed by atoms with Crippen LogP contribution in [0.5, 0.6) is 11.5 Å². The molecular weight excluding hydrogens is 272 g/mol. The molecule has 21 heavy (non-hydrogen) atoms. The molecule has 0 fully saturated rings. The van der Waals surface area contributed by atoms with Crippen LogP contribution in [-0.4, -0.2) is 12.6 Å². The number of carbonyl (C=O) groups excluding carboxylic acids is 1. The third-order valence-electron chi connectivity index (χ3n) is 2.67. The fourth-order valence-corrected chi connectivity index (χ4v) is 1.75. The van der Waals surface area contributed by atoms with Crippen molar-refractivity contribution in [3.8, 4) is 11.5 Å². The van der Waals surface area contributed by atoms with Gasteiger partial charge < -0.3 is 13.9 Å². The summed E-state index contributed by atoms with van der Waals surface area (Å²) in [6.07, 6.45) is 1.91. The summed E-state index contributed by atoms with van der Waals surface area (Å²) in [5, 5.41) is 0.541. The monoisotopic (exact) mass is 288 g/mol. The van der Waals surface area contributed by atoms with Crippen LogP contribution in [0.25, 0.3) is 11.0 Å². The van der Waals surface area contributed by atoms with Crippen molar-refractivity contribution in [1.29, 1.82) is 0 Å². The van der Waals surface area contributed by atoms with Gasteiger partial charge in [0.25, 0.3) is 0 Å². The van der Waals surface area contributed by atoms with E-state index in [4.69, 9.17) is 13.9 Å². The summed E-state index contributed by atoms with van der Waals surface area (Å²) in [4.78, 5) is 22.5. The maximum Gasteiger partial charge on any atom is 0.336 e. The van der Waals surface area contributed by atoms with Gasteiger partial charge in [-0.15, -0.1) is 0 Å². The standard InChI is InChI=1S/C16H16O5/c1-10(2)6-7-19-12-8-14(20-11(3)17)13-4-5-16(18)21-15(13)9-12/h4-6,8-9H,7H2,1-3H3. The summed E-state index contributed by atoms with van der Waals surface area (Å²) in [5.74, 6) is 0.311. The average Bonchev–Trinajstić information content (AvgIpc) is 2.37. The first-order valence-corrected chi connectivity index (χ1v) is 6.48. The van der Waals surface area contributed by atoms with Gasteiger partial charge in [-0.2, -0.15) is 0 Å². The third kappa shape index (κ3) is 3.95. The lowest BCUT2D eigenvalue weighted by Gasteiger charge is -2.09. The Morgan fingerprint density at radius 3 is 2.67 bits per heavy atom. The van der Waals surface area contributed by atoms with Crippen LogP contribution in [-0.2, 0) is 4.79 Å². The number of rotatable bonds is 4. The smallest absolute Gasteiger partial charge is 0.336 e. The molecule has 0 saturated heterocycles. The lowest BCUT2D eigenvalue weighted by Crippen LogP contribution is -2.04. The zero-order valence-electron chi connectivity index (χ0n) is 12.1. The molecule has 0 radical (unpaired) electrons. The molecule has 0 bridgehead atoms. The molecule has 5 heteroatoms. The normalized spacial score (nSPS) is 10.2. The minimum absolute atomic E-state index is 0.302. The number of hydrogen-bond acceptors (Lipinski definition) is 5. The molecule has 0 saturated carbocycles. The van der Waals surface area contributed by atoms with Crippen molar-refractivity contribution in [2.24, 2.45) is 0 Å². The molecule has 5 nitrogen and oxygen atoms in total. The second kappa shape index (κ2) is 6.26. The molecule has 2 rings (SSSR count). The molecule has 0 atom stereocenters. The fraction of sp³-hybridized carbons (Fsp3) is 0.250. The molecule has 110 valence electrons. The summed E-state index contributed by atoms with van der Waals surface area (Å²) >= 11 is 0. The van der Waals surface area contributed by atoms with Crippen LogP contribution >= 0.6 is 0 Å². The molecule has 0 unspecified atom stereocenters. The second-order valence-electron chi connectivity index (χ2n) is 4.77. The Balaban J connectivity index is 2.44. The Morgan fingerprint density at radius 2 is 2.00 bits per heavy atom. The highest BCUT2D eigenvalue weighted by atomic mass is 16.5. The summed E-state index contributed by atoms with van der Waals surface area (Å²) in [6, 6.07) is 6.03. The van der Waals surface area contributed by atoms with Gasteiger partial charge in [-0.05, 0) is 26.0 Å². The SMILES string of the molecule is CC(=O)Oc1cc(OCC=C(C)C)cc2oc(=O)ccc12. The van der Waals surface area contributed by atoms with E-state index in [1.54, 1.807) is 18.2 Å². The van der Waals surface area contributed by atoms with Crippen LogP contribution in [0.1, 0.15) is 20.8 Å². The molecule has 1 heterocycles. The van der Waals surface area contributed by atoms with Crippen molar-refractivity contribution in [3.63, 3.8) is 0 Å². The molecular formula is C16H16O5. The molecule has 1 aromatic carbocycles. The minimum Gasteiger partial charge on any atom is -0.489 e. The van der Waals surface area contributed by atoms with E-state index in [2.05, 4.69) is 0 Å². The van der Waals surface area contributed by atoms with Crippen molar-refractivity contribution in [2.75, 3.05) is 6.61 Å². The van der Waals surface area contributed by atoms with E-state index in [1.807, 2.05) is 19.9 Å². The van der Waals surface area contributed by atoms with Crippen molar-refractivity contribution < 1.29 is 18.7 Å². The Hall–Kier alpha value is -2.56. The maximum atomic E-state index is 11.3. The van der Waals surface area contributed by atoms with Crippen LogP contribution in [0.3, 0.4) is 0 Å². The Bertz CT molecular complexity index is 751. The van der Waals surface area contributed by atoms with Gasteiger partial charge in [0.15, 0.2) is 0 Å². The van der Waals surface area contributed by atoms with Crippen LogP contribution in [0, 0.1) is 0 Å². The highest BCUT2D eigenvalue weighted by molar-refractivity contribution is 5.87. The zero-order chi connectivity index (χ0) is 15.4. The fourth-order valence-electron chi connectivity index (χ4n) is 1.75. The van der Waals surface area contributed by atoms with E-state index in [9.17, 15) is 9.59 Å². The first-order valence-electron chi connectivity index (χ1n) is 6.48. The topological polar surface area (TPSA) is 65.7 Å². The van der Waals surface area contributed by atoms with Crippen molar-refractivity contribution >= 4 is 16.9 Å². The number of carbonyl (C=O) groups is 1. The number of esters is 1. The van der Waals surface area contributed by atoms with Gasteiger partial charge >= 0.3 is 11.6 Å². The van der Waals surface area contributed by atoms with Gasteiger partial charge in [0.05, 0.1) is 5.39 Å². The van der Waals surface area contributed by atoms with Crippen LogP contribution in [0.2, 0.25) is 0 Å². The van der Waals surface area contributed by atoms with Gasteiger partial charge in [0.2, 0.25) is 0 Å². The van der Waals surface area contributed by atoms with Gasteiger partial charge in [0.1, 0.15) is 23.7 Å². The summed E-state index contributed by atoms with van der Waals surface area (Å²) in [5.41, 5.74) is 0.966. The lowest BCUT2D eigenvalue weighted by molar-refractivity contribution is -0.131. The Labute approximate surface area is 121 Å². The van der Waals surface area contributed by atoms with E-state index in [1.165, 1.54) is 13.0 Å². The molecule has 2 aromatic rings. The molecule has 0 aliphatic rings. The summed E-state index contributed by atoms with van der Waals surface area (Å²) in [7, 11) is 0. The minimum atomic E-state index is -0.474. The molecule has 0 spiro atoms. The van der Waals surface area contributed by atoms with Crippen molar-refractivity contribution in [2.45, 2.75) is 20.8 Å². The molecule has 0 amide bonds. The predicted octanol–water partition coefficient (Wildman–Crippen LogP) is 3.06. The molecule has 0 aliphatic heterocycles. The quantitative estimate of drug-likeness (QED) is 0.374. The van der Waals surface area contributed by atoms with Gasteiger partial charge in [-0.25, -0.2) is 4.79 Å². The summed E-state index contributed by atoms with van der Waals surface area (Å²) in [6.45, 7) is 5.62. The second-order valence-corrected chi connectivity index (χ2v) is 4.77. The van der Waals surface area contributed by atoms with E-state index < -0.39 is 11.6 Å². The van der Waals surface area contributed by atoms with Gasteiger partial charge in [0, 0.05) is 25.1 Å². The lowest BCUT2D eigenvalue weighted by atomic mass is 10.2. The molecule has 0 N–H and O–H groups in total. The van der Waals surface area contributed by atoms with E-state index in [0.717, 1.165) is 5.57 Å². The first-order chi connectivity index (χ1) is 9.95. The summed E-state index contributed by atoms with van der Waals surface area (Å²) < 4.78 is 15.8.